The third kappa shape index (κ3) is 4.92. The van der Waals surface area contributed by atoms with Crippen LogP contribution < -0.4 is 4.74 Å². The predicted octanol–water partition coefficient (Wildman–Crippen LogP) is 4.45. The summed E-state index contributed by atoms with van der Waals surface area (Å²) in [6.07, 6.45) is 0.891. The first-order valence-corrected chi connectivity index (χ1v) is 11.3. The van der Waals surface area contributed by atoms with Gasteiger partial charge in [0.05, 0.1) is 6.04 Å². The molecular formula is C26H34N2O3. The molecule has 31 heavy (non-hydrogen) atoms. The molecule has 2 aromatic rings. The highest BCUT2D eigenvalue weighted by atomic mass is 16.5. The molecule has 3 rings (SSSR count). The smallest absolute Gasteiger partial charge is 0.263 e. The maximum atomic E-state index is 13.0. The number of amides is 2. The van der Waals surface area contributed by atoms with E-state index in [4.69, 9.17) is 4.74 Å². The third-order valence-corrected chi connectivity index (χ3v) is 6.01. The second kappa shape index (κ2) is 9.99. The Kier molecular flexibility index (Phi) is 7.37. The largest absolute Gasteiger partial charge is 0.481 e. The summed E-state index contributed by atoms with van der Waals surface area (Å²) >= 11 is 0. The fourth-order valence-corrected chi connectivity index (χ4v) is 4.10. The molecule has 0 bridgehead atoms. The number of carbonyl (C=O) groups is 2. The van der Waals surface area contributed by atoms with Crippen LogP contribution in [0.4, 0.5) is 0 Å². The molecule has 0 radical (unpaired) electrons. The van der Waals surface area contributed by atoms with Gasteiger partial charge in [-0.2, -0.15) is 0 Å². The summed E-state index contributed by atoms with van der Waals surface area (Å²) in [4.78, 5) is 29.4. The van der Waals surface area contributed by atoms with Gasteiger partial charge in [-0.25, -0.2) is 0 Å². The lowest BCUT2D eigenvalue weighted by molar-refractivity contribution is -0.137. The van der Waals surface area contributed by atoms with Crippen molar-refractivity contribution in [2.24, 2.45) is 5.92 Å². The molecule has 2 atom stereocenters. The van der Waals surface area contributed by atoms with E-state index in [1.54, 1.807) is 11.9 Å². The molecule has 0 fully saturated rings. The second-order valence-electron chi connectivity index (χ2n) is 8.48. The van der Waals surface area contributed by atoms with Crippen molar-refractivity contribution in [2.45, 2.75) is 52.7 Å². The van der Waals surface area contributed by atoms with Crippen LogP contribution in [0.5, 0.6) is 5.75 Å². The Hall–Kier alpha value is -2.82. The molecule has 0 aliphatic carbocycles. The van der Waals surface area contributed by atoms with Gasteiger partial charge in [-0.1, -0.05) is 57.2 Å². The van der Waals surface area contributed by atoms with Crippen molar-refractivity contribution < 1.29 is 14.3 Å². The minimum absolute atomic E-state index is 0.0149. The average molecular weight is 423 g/mol. The fraction of sp³-hybridized carbons (Fsp3) is 0.462. The van der Waals surface area contributed by atoms with Crippen molar-refractivity contribution >= 4 is 11.8 Å². The number of rotatable bonds is 7. The predicted molar refractivity (Wildman–Crippen MR) is 123 cm³/mol. The van der Waals surface area contributed by atoms with Gasteiger partial charge in [0.1, 0.15) is 5.75 Å². The van der Waals surface area contributed by atoms with Crippen LogP contribution >= 0.6 is 0 Å². The van der Waals surface area contributed by atoms with Crippen LogP contribution in [0.1, 0.15) is 56.8 Å². The monoisotopic (exact) mass is 422 g/mol. The van der Waals surface area contributed by atoms with Crippen molar-refractivity contribution in [3.63, 3.8) is 0 Å². The van der Waals surface area contributed by atoms with E-state index in [2.05, 4.69) is 18.2 Å². The normalized spacial score (nSPS) is 16.6. The molecule has 0 spiro atoms. The summed E-state index contributed by atoms with van der Waals surface area (Å²) in [5.74, 6) is 0.734. The average Bonchev–Trinajstić information content (AvgIpc) is 2.80. The highest BCUT2D eigenvalue weighted by Crippen LogP contribution is 2.38. The number of benzene rings is 2. The Balaban J connectivity index is 1.99. The Morgan fingerprint density at radius 1 is 1.13 bits per heavy atom. The molecule has 0 N–H and O–H groups in total. The molecule has 0 saturated carbocycles. The molecule has 0 unspecified atom stereocenters. The Bertz CT molecular complexity index is 910. The van der Waals surface area contributed by atoms with E-state index in [0.29, 0.717) is 25.3 Å². The van der Waals surface area contributed by atoms with E-state index in [1.807, 2.05) is 62.9 Å². The maximum absolute atomic E-state index is 13.0. The second-order valence-corrected chi connectivity index (χ2v) is 8.48. The fourth-order valence-electron chi connectivity index (χ4n) is 4.10. The summed E-state index contributed by atoms with van der Waals surface area (Å²) in [7, 11) is 1.79. The summed E-state index contributed by atoms with van der Waals surface area (Å²) in [6, 6.07) is 16.0. The van der Waals surface area contributed by atoms with E-state index in [9.17, 15) is 9.59 Å². The topological polar surface area (TPSA) is 49.9 Å². The molecule has 5 nitrogen and oxygen atoms in total. The number of carbonyl (C=O) groups excluding carboxylic acids is 2. The lowest BCUT2D eigenvalue weighted by atomic mass is 9.87. The summed E-state index contributed by atoms with van der Waals surface area (Å²) in [6.45, 7) is 9.14. The maximum Gasteiger partial charge on any atom is 0.263 e. The van der Waals surface area contributed by atoms with E-state index in [0.717, 1.165) is 17.5 Å². The molecule has 5 heteroatoms. The Labute approximate surface area is 186 Å². The Morgan fingerprint density at radius 2 is 1.84 bits per heavy atom. The standard InChI is InChI=1S/C26H34N2O3/c1-6-23(26(30)27(5)7-2)31-21-14-13-19-15-16-28(25(29)18(3)4)24(22(19)17-21)20-11-9-8-10-12-20/h8-14,17-18,23-24H,6-7,15-16H2,1-5H3/t23-,24+/m1/s1. The lowest BCUT2D eigenvalue weighted by Crippen LogP contribution is -2.42. The molecule has 0 saturated heterocycles. The first-order valence-electron chi connectivity index (χ1n) is 11.3. The number of nitrogens with zero attached hydrogens (tertiary/aromatic N) is 2. The van der Waals surface area contributed by atoms with Crippen LogP contribution in [0.25, 0.3) is 0 Å². The molecule has 1 aliphatic heterocycles. The first kappa shape index (κ1) is 22.9. The highest BCUT2D eigenvalue weighted by molar-refractivity contribution is 5.81. The molecule has 166 valence electrons. The quantitative estimate of drug-likeness (QED) is 0.662. The highest BCUT2D eigenvalue weighted by Gasteiger charge is 2.33. The van der Waals surface area contributed by atoms with Crippen LogP contribution in [0.2, 0.25) is 0 Å². The van der Waals surface area contributed by atoms with Crippen LogP contribution in [-0.4, -0.2) is 47.9 Å². The zero-order valence-electron chi connectivity index (χ0n) is 19.3. The molecule has 0 aromatic heterocycles. The van der Waals surface area contributed by atoms with Gasteiger partial charge in [0.25, 0.3) is 5.91 Å². The number of ether oxygens (including phenoxy) is 1. The van der Waals surface area contributed by atoms with Crippen molar-refractivity contribution in [3.05, 3.63) is 65.2 Å². The summed E-state index contributed by atoms with van der Waals surface area (Å²) in [5.41, 5.74) is 3.39. The van der Waals surface area contributed by atoms with E-state index >= 15 is 0 Å². The SMILES string of the molecule is CC[C@@H](Oc1ccc2c(c1)[C@H](c1ccccc1)N(C(=O)C(C)C)CC2)C(=O)N(C)CC. The number of likely N-dealkylation sites (N-methyl/N-ethyl adjacent to an activating group) is 1. The van der Waals surface area contributed by atoms with Crippen LogP contribution in [0, 0.1) is 5.92 Å². The van der Waals surface area contributed by atoms with Crippen molar-refractivity contribution in [1.29, 1.82) is 0 Å². The van der Waals surface area contributed by atoms with Crippen LogP contribution in [-0.2, 0) is 16.0 Å². The van der Waals surface area contributed by atoms with E-state index in [1.165, 1.54) is 5.56 Å². The Morgan fingerprint density at radius 3 is 2.45 bits per heavy atom. The van der Waals surface area contributed by atoms with E-state index in [-0.39, 0.29) is 23.8 Å². The molecule has 2 amide bonds. The van der Waals surface area contributed by atoms with Gasteiger partial charge in [-0.05, 0) is 48.6 Å². The summed E-state index contributed by atoms with van der Waals surface area (Å²) in [5, 5.41) is 0. The van der Waals surface area contributed by atoms with Crippen molar-refractivity contribution in [3.8, 4) is 5.75 Å². The molecular weight excluding hydrogens is 388 g/mol. The van der Waals surface area contributed by atoms with Crippen molar-refractivity contribution in [2.75, 3.05) is 20.1 Å². The minimum atomic E-state index is -0.518. The first-order chi connectivity index (χ1) is 14.9. The zero-order chi connectivity index (χ0) is 22.5. The third-order valence-electron chi connectivity index (χ3n) is 6.01. The minimum Gasteiger partial charge on any atom is -0.481 e. The number of hydrogen-bond donors (Lipinski definition) is 0. The van der Waals surface area contributed by atoms with Gasteiger partial charge in [0.2, 0.25) is 5.91 Å². The zero-order valence-corrected chi connectivity index (χ0v) is 19.3. The van der Waals surface area contributed by atoms with Crippen LogP contribution in [0.3, 0.4) is 0 Å². The molecule has 2 aromatic carbocycles. The van der Waals surface area contributed by atoms with Gasteiger partial charge < -0.3 is 14.5 Å². The molecule has 1 aliphatic rings. The number of fused-ring (bicyclic) bond motifs is 1. The number of hydrogen-bond acceptors (Lipinski definition) is 3. The van der Waals surface area contributed by atoms with Gasteiger partial charge in [0, 0.05) is 26.1 Å². The van der Waals surface area contributed by atoms with Gasteiger partial charge in [0.15, 0.2) is 6.10 Å². The van der Waals surface area contributed by atoms with Gasteiger partial charge in [-0.15, -0.1) is 0 Å². The van der Waals surface area contributed by atoms with Gasteiger partial charge in [-0.3, -0.25) is 9.59 Å². The van der Waals surface area contributed by atoms with Crippen LogP contribution in [0.15, 0.2) is 48.5 Å². The van der Waals surface area contributed by atoms with Crippen molar-refractivity contribution in [1.82, 2.24) is 9.80 Å². The molecule has 1 heterocycles. The van der Waals surface area contributed by atoms with Gasteiger partial charge >= 0.3 is 0 Å². The summed E-state index contributed by atoms with van der Waals surface area (Å²) < 4.78 is 6.15. The lowest BCUT2D eigenvalue weighted by Gasteiger charge is -2.39. The van der Waals surface area contributed by atoms with E-state index < -0.39 is 6.10 Å².